The number of carbonyl (C=O) groups excluding carboxylic acids is 1. The summed E-state index contributed by atoms with van der Waals surface area (Å²) in [4.78, 5) is 27.3. The lowest BCUT2D eigenvalue weighted by Gasteiger charge is -2.50. The molecule has 1 amide bonds. The summed E-state index contributed by atoms with van der Waals surface area (Å²) in [6, 6.07) is 4.58. The van der Waals surface area contributed by atoms with Gasteiger partial charge in [-0.25, -0.2) is 0 Å². The third-order valence-corrected chi connectivity index (χ3v) is 8.00. The van der Waals surface area contributed by atoms with Crippen LogP contribution in [0.15, 0.2) is 18.2 Å². The number of piperidine rings is 1. The molecule has 3 atom stereocenters. The van der Waals surface area contributed by atoms with E-state index in [4.69, 9.17) is 28.9 Å². The van der Waals surface area contributed by atoms with Crippen molar-refractivity contribution in [3.63, 3.8) is 0 Å². The number of nitrogens with two attached hydrogens (primary N) is 1. The number of benzene rings is 1. The summed E-state index contributed by atoms with van der Waals surface area (Å²) >= 11 is 12.0. The molecule has 3 rings (SSSR count). The fraction of sp³-hybridized carbons (Fsp3) is 0.652. The molecule has 0 bridgehead atoms. The molecule has 1 aromatic carbocycles. The molecule has 0 spiro atoms. The molecule has 5 nitrogen and oxygen atoms in total. The van der Waals surface area contributed by atoms with Crippen molar-refractivity contribution >= 4 is 35.1 Å². The smallest absolute Gasteiger partial charge is 0.310 e. The van der Waals surface area contributed by atoms with Gasteiger partial charge in [0.15, 0.2) is 0 Å². The van der Waals surface area contributed by atoms with E-state index in [0.717, 1.165) is 37.7 Å². The van der Waals surface area contributed by atoms with Crippen LogP contribution in [0.1, 0.15) is 57.4 Å². The largest absolute Gasteiger partial charge is 0.481 e. The molecule has 0 radical (unpaired) electrons. The van der Waals surface area contributed by atoms with E-state index in [9.17, 15) is 14.7 Å². The van der Waals surface area contributed by atoms with Crippen molar-refractivity contribution < 1.29 is 14.7 Å². The van der Waals surface area contributed by atoms with Gasteiger partial charge in [-0.3, -0.25) is 9.59 Å². The minimum absolute atomic E-state index is 0.0482. The molecular weight excluding hydrogens is 423 g/mol. The molecule has 1 aromatic rings. The van der Waals surface area contributed by atoms with E-state index < -0.39 is 17.4 Å². The van der Waals surface area contributed by atoms with Gasteiger partial charge in [0.1, 0.15) is 0 Å². The standard InChI is InChI=1S/C23H32Cl2N2O3/c1-2-16-14-27(11-10-23(16,22(29)30)17-6-4-3-5-7-17)21(28)20(26)13-15-8-9-18(24)19(25)12-15/h8-9,12,16-17,20H,2-7,10-11,13-14,26H2,1H3,(H,29,30). The zero-order valence-corrected chi connectivity index (χ0v) is 19.1. The number of carbonyl (C=O) groups is 2. The zero-order valence-electron chi connectivity index (χ0n) is 17.6. The Hall–Kier alpha value is -1.30. The first-order valence-corrected chi connectivity index (χ1v) is 11.8. The number of amides is 1. The van der Waals surface area contributed by atoms with Gasteiger partial charge in [0.25, 0.3) is 0 Å². The third kappa shape index (κ3) is 4.63. The van der Waals surface area contributed by atoms with E-state index in [1.54, 1.807) is 17.0 Å². The SMILES string of the molecule is CCC1CN(C(=O)C(N)Cc2ccc(Cl)c(Cl)c2)CCC1(C(=O)O)C1CCCCC1. The summed E-state index contributed by atoms with van der Waals surface area (Å²) in [6.07, 6.45) is 6.99. The Morgan fingerprint density at radius 1 is 1.23 bits per heavy atom. The number of nitrogens with zero attached hydrogens (tertiary/aromatic N) is 1. The lowest BCUT2D eigenvalue weighted by Crippen LogP contribution is -2.58. The van der Waals surface area contributed by atoms with Gasteiger partial charge in [0.05, 0.1) is 21.5 Å². The highest BCUT2D eigenvalue weighted by Gasteiger charge is 2.53. The number of hydrogen-bond donors (Lipinski definition) is 2. The number of rotatable bonds is 6. The van der Waals surface area contributed by atoms with Crippen LogP contribution < -0.4 is 5.73 Å². The maximum absolute atomic E-state index is 13.1. The summed E-state index contributed by atoms with van der Waals surface area (Å²) in [7, 11) is 0. The molecule has 2 fully saturated rings. The van der Waals surface area contributed by atoms with E-state index in [2.05, 4.69) is 0 Å². The summed E-state index contributed by atoms with van der Waals surface area (Å²) in [5.74, 6) is -0.653. The van der Waals surface area contributed by atoms with E-state index in [1.807, 2.05) is 13.0 Å². The molecule has 0 aromatic heterocycles. The van der Waals surface area contributed by atoms with Crippen molar-refractivity contribution in [2.75, 3.05) is 13.1 Å². The highest BCUT2D eigenvalue weighted by atomic mass is 35.5. The molecule has 166 valence electrons. The van der Waals surface area contributed by atoms with Crippen LogP contribution in [0.3, 0.4) is 0 Å². The number of likely N-dealkylation sites (tertiary alicyclic amines) is 1. The fourth-order valence-electron chi connectivity index (χ4n) is 5.59. The quantitative estimate of drug-likeness (QED) is 0.647. The second-order valence-electron chi connectivity index (χ2n) is 8.88. The molecular formula is C23H32Cl2N2O3. The van der Waals surface area contributed by atoms with Gasteiger partial charge in [-0.15, -0.1) is 0 Å². The van der Waals surface area contributed by atoms with Crippen molar-refractivity contribution in [1.29, 1.82) is 0 Å². The number of hydrogen-bond acceptors (Lipinski definition) is 3. The van der Waals surface area contributed by atoms with Crippen LogP contribution in [-0.4, -0.2) is 41.0 Å². The monoisotopic (exact) mass is 454 g/mol. The van der Waals surface area contributed by atoms with Gasteiger partial charge in [-0.2, -0.15) is 0 Å². The molecule has 3 unspecified atom stereocenters. The Morgan fingerprint density at radius 2 is 1.93 bits per heavy atom. The molecule has 30 heavy (non-hydrogen) atoms. The van der Waals surface area contributed by atoms with Crippen molar-refractivity contribution in [3.05, 3.63) is 33.8 Å². The van der Waals surface area contributed by atoms with Crippen molar-refractivity contribution in [1.82, 2.24) is 4.90 Å². The van der Waals surface area contributed by atoms with Crippen LogP contribution >= 0.6 is 23.2 Å². The maximum atomic E-state index is 13.1. The highest BCUT2D eigenvalue weighted by molar-refractivity contribution is 6.42. The molecule has 7 heteroatoms. The molecule has 1 aliphatic carbocycles. The fourth-order valence-corrected chi connectivity index (χ4v) is 5.91. The average molecular weight is 455 g/mol. The minimum Gasteiger partial charge on any atom is -0.481 e. The van der Waals surface area contributed by atoms with E-state index in [-0.39, 0.29) is 17.7 Å². The molecule has 1 saturated carbocycles. The van der Waals surface area contributed by atoms with Gasteiger partial charge < -0.3 is 15.7 Å². The number of aliphatic carboxylic acids is 1. The van der Waals surface area contributed by atoms with Crippen LogP contribution in [0.25, 0.3) is 0 Å². The lowest BCUT2D eigenvalue weighted by molar-refractivity contribution is -0.168. The summed E-state index contributed by atoms with van der Waals surface area (Å²) in [5.41, 5.74) is 6.38. The molecule has 1 heterocycles. The number of carboxylic acids is 1. The highest BCUT2D eigenvalue weighted by Crippen LogP contribution is 2.50. The van der Waals surface area contributed by atoms with Crippen LogP contribution in [-0.2, 0) is 16.0 Å². The van der Waals surface area contributed by atoms with E-state index in [0.29, 0.717) is 36.0 Å². The van der Waals surface area contributed by atoms with Crippen molar-refractivity contribution in [3.8, 4) is 0 Å². The average Bonchev–Trinajstić information content (AvgIpc) is 2.75. The van der Waals surface area contributed by atoms with Crippen LogP contribution in [0, 0.1) is 17.3 Å². The summed E-state index contributed by atoms with van der Waals surface area (Å²) in [6.45, 7) is 2.95. The second kappa shape index (κ2) is 9.88. The van der Waals surface area contributed by atoms with E-state index >= 15 is 0 Å². The topological polar surface area (TPSA) is 83.6 Å². The van der Waals surface area contributed by atoms with Crippen LogP contribution in [0.5, 0.6) is 0 Å². The minimum atomic E-state index is -0.722. The molecule has 1 aliphatic heterocycles. The first-order valence-electron chi connectivity index (χ1n) is 11.0. The van der Waals surface area contributed by atoms with Gasteiger partial charge >= 0.3 is 5.97 Å². The predicted octanol–water partition coefficient (Wildman–Crippen LogP) is 4.77. The van der Waals surface area contributed by atoms with Gasteiger partial charge in [0, 0.05) is 13.1 Å². The first-order chi connectivity index (χ1) is 14.3. The van der Waals surface area contributed by atoms with Crippen LogP contribution in [0.4, 0.5) is 0 Å². The number of carboxylic acid groups (broad SMARTS) is 1. The lowest BCUT2D eigenvalue weighted by atomic mass is 9.58. The zero-order chi connectivity index (χ0) is 21.9. The summed E-state index contributed by atoms with van der Waals surface area (Å²) in [5, 5.41) is 11.2. The Kier molecular flexibility index (Phi) is 7.70. The normalized spacial score (nSPS) is 26.4. The molecule has 3 N–H and O–H groups in total. The third-order valence-electron chi connectivity index (χ3n) is 7.26. The maximum Gasteiger partial charge on any atom is 0.310 e. The Bertz CT molecular complexity index is 782. The Labute approximate surface area is 188 Å². The Morgan fingerprint density at radius 3 is 2.53 bits per heavy atom. The van der Waals surface area contributed by atoms with Gasteiger partial charge in [-0.05, 0) is 55.2 Å². The second-order valence-corrected chi connectivity index (χ2v) is 9.69. The number of halogens is 2. The van der Waals surface area contributed by atoms with Gasteiger partial charge in [0.2, 0.25) is 5.91 Å². The summed E-state index contributed by atoms with van der Waals surface area (Å²) < 4.78 is 0. The first kappa shape index (κ1) is 23.4. The van der Waals surface area contributed by atoms with Crippen molar-refractivity contribution in [2.24, 2.45) is 23.0 Å². The Balaban J connectivity index is 1.71. The van der Waals surface area contributed by atoms with Crippen LogP contribution in [0.2, 0.25) is 10.0 Å². The van der Waals surface area contributed by atoms with Crippen molar-refractivity contribution in [2.45, 2.75) is 64.3 Å². The van der Waals surface area contributed by atoms with E-state index in [1.165, 1.54) is 6.42 Å². The molecule has 1 saturated heterocycles. The molecule has 2 aliphatic rings. The predicted molar refractivity (Wildman–Crippen MR) is 120 cm³/mol. The van der Waals surface area contributed by atoms with Gasteiger partial charge in [-0.1, -0.05) is 61.9 Å².